The summed E-state index contributed by atoms with van der Waals surface area (Å²) in [4.78, 5) is 15.5. The number of likely N-dealkylation sites (N-methyl/N-ethyl adjacent to an activating group) is 1. The summed E-state index contributed by atoms with van der Waals surface area (Å²) < 4.78 is 10.1. The van der Waals surface area contributed by atoms with Crippen LogP contribution in [0.4, 0.5) is 4.32 Å². The monoisotopic (exact) mass is 257 g/mol. The molecule has 0 bridgehead atoms. The van der Waals surface area contributed by atoms with Crippen LogP contribution in [0.5, 0.6) is 0 Å². The lowest BCUT2D eigenvalue weighted by Crippen LogP contribution is -2.26. The maximum Gasteiger partial charge on any atom is 0.674 e. The van der Waals surface area contributed by atoms with E-state index < -0.39 is 19.3 Å². The van der Waals surface area contributed by atoms with E-state index in [4.69, 9.17) is 20.7 Å². The van der Waals surface area contributed by atoms with Gasteiger partial charge < -0.3 is 25.6 Å². The Kier molecular flexibility index (Phi) is 6.58. The highest BCUT2D eigenvalue weighted by Crippen LogP contribution is 2.15. The molecule has 98 valence electrons. The molecule has 3 N–H and O–H groups in total. The van der Waals surface area contributed by atoms with Crippen LogP contribution in [0.2, 0.25) is 0 Å². The lowest BCUT2D eigenvalue weighted by molar-refractivity contribution is -0.139. The van der Waals surface area contributed by atoms with Crippen LogP contribution in [0.1, 0.15) is 0 Å². The topological polar surface area (TPSA) is 117 Å². The lowest BCUT2D eigenvalue weighted by atomic mass is 9.97. The van der Waals surface area contributed by atoms with Crippen LogP contribution in [0, 0.1) is 5.92 Å². The molecule has 0 fully saturated rings. The smallest absolute Gasteiger partial charge is 0.480 e. The number of rotatable bonds is 2. The molecule has 0 aliphatic heterocycles. The summed E-state index contributed by atoms with van der Waals surface area (Å²) in [5.41, 5.74) is 9.49. The third kappa shape index (κ3) is 5.40. The van der Waals surface area contributed by atoms with Crippen LogP contribution in [0.25, 0.3) is 5.53 Å². The van der Waals surface area contributed by atoms with Gasteiger partial charge in [-0.1, -0.05) is 0 Å². The minimum absolute atomic E-state index is 0.142. The molecule has 0 heterocycles. The number of carbonyl (C=O) groups is 1. The summed E-state index contributed by atoms with van der Waals surface area (Å²) in [6, 6.07) is 0. The molecule has 0 saturated carbocycles. The first-order valence-electron chi connectivity index (χ1n) is 4.81. The fourth-order valence-corrected chi connectivity index (χ4v) is 1.18. The van der Waals surface area contributed by atoms with Crippen molar-refractivity contribution in [3.63, 3.8) is 0 Å². The van der Waals surface area contributed by atoms with Crippen molar-refractivity contribution in [3.05, 3.63) is 29.5 Å². The van der Waals surface area contributed by atoms with Gasteiger partial charge in [-0.2, -0.15) is 4.79 Å². The number of hydrogen-bond acceptors (Lipinski definition) is 4. The van der Waals surface area contributed by atoms with E-state index in [-0.39, 0.29) is 5.71 Å². The van der Waals surface area contributed by atoms with E-state index in [0.717, 1.165) is 5.70 Å². The summed E-state index contributed by atoms with van der Waals surface area (Å²) in [6.45, 7) is 0. The van der Waals surface area contributed by atoms with Crippen molar-refractivity contribution in [1.29, 1.82) is 0 Å². The zero-order valence-electron chi connectivity index (χ0n) is 9.86. The number of hydrogen-bond donors (Lipinski definition) is 3. The second-order valence-electron chi connectivity index (χ2n) is 3.47. The molecule has 1 atom stereocenters. The van der Waals surface area contributed by atoms with Gasteiger partial charge in [-0.25, -0.2) is 0 Å². The van der Waals surface area contributed by atoms with Gasteiger partial charge in [0.15, 0.2) is 5.92 Å². The van der Waals surface area contributed by atoms with Crippen LogP contribution >= 0.6 is 0 Å². The first-order chi connectivity index (χ1) is 8.29. The summed E-state index contributed by atoms with van der Waals surface area (Å²) >= 11 is 0. The Hall–Kier alpha value is -1.96. The molecule has 7 nitrogen and oxygen atoms in total. The van der Waals surface area contributed by atoms with Gasteiger partial charge in [0, 0.05) is 25.9 Å². The van der Waals surface area contributed by atoms with Gasteiger partial charge >= 0.3 is 19.1 Å². The Bertz CT molecular complexity index is 413. The zero-order chi connectivity index (χ0) is 14.3. The standard InChI is InChI=1S/C9H11N3O2.BFH2O2/c1-12(2)6-3-4-8(11-10)7(5-6)9(13)14;2-1(3)4/h3-5,7H,1-2H3,(H,13,14);3-4H. The SMILES string of the molecule is CN(C)C1=CC(C(=O)O)C(=[N+]=[N-])C=C1.OB(O)F. The number of nitrogens with zero attached hydrogens (tertiary/aromatic N) is 3. The highest BCUT2D eigenvalue weighted by molar-refractivity contribution is 6.31. The Morgan fingerprint density at radius 3 is 2.33 bits per heavy atom. The quantitative estimate of drug-likeness (QED) is 0.343. The molecule has 18 heavy (non-hydrogen) atoms. The van der Waals surface area contributed by atoms with Gasteiger partial charge in [0.2, 0.25) is 0 Å². The third-order valence-corrected chi connectivity index (χ3v) is 1.98. The largest absolute Gasteiger partial charge is 0.674 e. The maximum absolute atomic E-state index is 10.8. The van der Waals surface area contributed by atoms with Crippen molar-refractivity contribution >= 4 is 19.1 Å². The van der Waals surface area contributed by atoms with Gasteiger partial charge in [-0.15, -0.1) is 0 Å². The predicted octanol–water partition coefficient (Wildman–Crippen LogP) is -0.701. The minimum atomic E-state index is -2.67. The van der Waals surface area contributed by atoms with Gasteiger partial charge in [-0.05, 0) is 12.2 Å². The Morgan fingerprint density at radius 1 is 1.50 bits per heavy atom. The number of aliphatic carboxylic acids is 1. The molecule has 9 heteroatoms. The summed E-state index contributed by atoms with van der Waals surface area (Å²) in [6.07, 6.45) is 4.74. The molecule has 0 aromatic rings. The van der Waals surface area contributed by atoms with E-state index in [0.29, 0.717) is 0 Å². The summed E-state index contributed by atoms with van der Waals surface area (Å²) in [5, 5.41) is 22.7. The normalized spacial score (nSPS) is 17.1. The zero-order valence-corrected chi connectivity index (χ0v) is 9.86. The van der Waals surface area contributed by atoms with Gasteiger partial charge in [0.05, 0.1) is 0 Å². The second kappa shape index (κ2) is 7.39. The number of allylic oxidation sites excluding steroid dienone is 2. The van der Waals surface area contributed by atoms with Crippen molar-refractivity contribution in [3.8, 4) is 0 Å². The summed E-state index contributed by atoms with van der Waals surface area (Å²) in [7, 11) is 0.965. The first kappa shape index (κ1) is 16.0. The molecule has 1 aliphatic rings. The Morgan fingerprint density at radius 2 is 2.00 bits per heavy atom. The van der Waals surface area contributed by atoms with Crippen LogP contribution in [-0.4, -0.2) is 58.0 Å². The van der Waals surface area contributed by atoms with E-state index in [1.54, 1.807) is 11.0 Å². The summed E-state index contributed by atoms with van der Waals surface area (Å²) in [5.74, 6) is -1.90. The molecule has 1 rings (SSSR count). The fourth-order valence-electron chi connectivity index (χ4n) is 1.18. The Labute approximate surface area is 103 Å². The van der Waals surface area contributed by atoms with E-state index in [1.165, 1.54) is 12.2 Å². The van der Waals surface area contributed by atoms with Crippen molar-refractivity contribution in [1.82, 2.24) is 4.90 Å². The average Bonchev–Trinajstić information content (AvgIpc) is 2.27. The van der Waals surface area contributed by atoms with Gasteiger partial charge in [0.1, 0.15) is 0 Å². The van der Waals surface area contributed by atoms with Crippen LogP contribution in [-0.2, 0) is 4.79 Å². The number of carboxylic acid groups (broad SMARTS) is 1. The highest BCUT2D eigenvalue weighted by atomic mass is 19.1. The van der Waals surface area contributed by atoms with E-state index >= 15 is 0 Å². The molecule has 0 spiro atoms. The van der Waals surface area contributed by atoms with Crippen molar-refractivity contribution in [2.45, 2.75) is 0 Å². The predicted molar refractivity (Wildman–Crippen MR) is 62.0 cm³/mol. The molecule has 1 aliphatic carbocycles. The molecule has 0 aromatic carbocycles. The van der Waals surface area contributed by atoms with E-state index in [9.17, 15) is 9.11 Å². The molecule has 1 unspecified atom stereocenters. The first-order valence-corrected chi connectivity index (χ1v) is 4.81. The van der Waals surface area contributed by atoms with Crippen LogP contribution in [0.15, 0.2) is 23.9 Å². The molecule has 0 amide bonds. The van der Waals surface area contributed by atoms with Crippen LogP contribution in [0.3, 0.4) is 0 Å². The van der Waals surface area contributed by atoms with Gasteiger partial charge in [0.25, 0.3) is 0 Å². The Balaban J connectivity index is 0.000000631. The van der Waals surface area contributed by atoms with Crippen molar-refractivity contribution in [2.24, 2.45) is 5.92 Å². The van der Waals surface area contributed by atoms with Crippen molar-refractivity contribution < 1.29 is 29.1 Å². The average molecular weight is 257 g/mol. The van der Waals surface area contributed by atoms with E-state index in [1.807, 2.05) is 14.1 Å². The number of carboxylic acids is 1. The fraction of sp³-hybridized carbons (Fsp3) is 0.333. The maximum atomic E-state index is 10.8. The molecule has 0 radical (unpaired) electrons. The molecule has 0 aromatic heterocycles. The van der Waals surface area contributed by atoms with Crippen LogP contribution < -0.4 is 0 Å². The third-order valence-electron chi connectivity index (χ3n) is 1.98. The molecular weight excluding hydrogens is 244 g/mol. The molecular formula is C9H13BFN3O4. The number of halogens is 1. The second-order valence-corrected chi connectivity index (χ2v) is 3.47. The molecule has 0 saturated heterocycles. The lowest BCUT2D eigenvalue weighted by Gasteiger charge is -2.17. The van der Waals surface area contributed by atoms with Gasteiger partial charge in [-0.3, -0.25) is 9.11 Å². The minimum Gasteiger partial charge on any atom is -0.480 e. The van der Waals surface area contributed by atoms with Crippen molar-refractivity contribution in [2.75, 3.05) is 14.1 Å². The van der Waals surface area contributed by atoms with E-state index in [2.05, 4.69) is 4.79 Å². The highest BCUT2D eigenvalue weighted by Gasteiger charge is 2.29.